The van der Waals surface area contributed by atoms with Crippen molar-refractivity contribution in [3.8, 4) is 5.75 Å². The largest absolute Gasteiger partial charge is 0.483 e. The summed E-state index contributed by atoms with van der Waals surface area (Å²) in [6.45, 7) is -2.21. The van der Waals surface area contributed by atoms with Crippen molar-refractivity contribution in [3.63, 3.8) is 0 Å². The molecular weight excluding hydrogens is 586 g/mol. The molecule has 0 radical (unpaired) electrons. The van der Waals surface area contributed by atoms with Crippen molar-refractivity contribution in [1.29, 1.82) is 0 Å². The highest BCUT2D eigenvalue weighted by Gasteiger charge is 2.59. The van der Waals surface area contributed by atoms with Crippen molar-refractivity contribution in [1.82, 2.24) is 0 Å². The van der Waals surface area contributed by atoms with E-state index in [1.165, 1.54) is 24.3 Å². The van der Waals surface area contributed by atoms with E-state index in [0.29, 0.717) is 4.90 Å². The lowest BCUT2D eigenvalue weighted by atomic mass is 10.2. The van der Waals surface area contributed by atoms with Crippen molar-refractivity contribution in [3.05, 3.63) is 84.4 Å². The van der Waals surface area contributed by atoms with Crippen LogP contribution in [0.25, 0.3) is 0 Å². The van der Waals surface area contributed by atoms with Gasteiger partial charge in [0.25, 0.3) is 0 Å². The Hall–Kier alpha value is -2.78. The zero-order chi connectivity index (χ0) is 29.3. The molecular formula is C26H23F6O6S2+. The molecule has 1 N–H and O–H groups in total. The lowest BCUT2D eigenvalue weighted by molar-refractivity contribution is -0.222. The van der Waals surface area contributed by atoms with Crippen LogP contribution in [0.3, 0.4) is 0 Å². The van der Waals surface area contributed by atoms with Gasteiger partial charge in [-0.15, -0.1) is 0 Å². The van der Waals surface area contributed by atoms with Gasteiger partial charge in [-0.25, -0.2) is 0 Å². The van der Waals surface area contributed by atoms with Gasteiger partial charge in [0.1, 0.15) is 19.0 Å². The van der Waals surface area contributed by atoms with Crippen molar-refractivity contribution in [2.75, 3.05) is 13.2 Å². The molecule has 1 saturated heterocycles. The molecule has 0 aliphatic carbocycles. The number of hydrogen-bond acceptors (Lipinski definition) is 5. The van der Waals surface area contributed by atoms with E-state index >= 15 is 0 Å². The molecule has 2 atom stereocenters. The second-order valence-corrected chi connectivity index (χ2v) is 12.3. The summed E-state index contributed by atoms with van der Waals surface area (Å²) in [6, 6.07) is 21.5. The van der Waals surface area contributed by atoms with Gasteiger partial charge in [0.15, 0.2) is 27.1 Å². The minimum atomic E-state index is -5.69. The van der Waals surface area contributed by atoms with Crippen molar-refractivity contribution in [2.24, 2.45) is 0 Å². The van der Waals surface area contributed by atoms with E-state index in [2.05, 4.69) is 0 Å². The van der Waals surface area contributed by atoms with E-state index in [9.17, 15) is 34.8 Å². The number of hydrogen-bond donors (Lipinski definition) is 1. The first-order valence-corrected chi connectivity index (χ1v) is 14.3. The van der Waals surface area contributed by atoms with Crippen LogP contribution in [0.15, 0.2) is 93.5 Å². The SMILES string of the molecule is CC(Oc1ccc([S+](c2ccccc2)c2ccc(C3OCC(F)(F)C(F)(F)CO3)cc2)cc1)C(F)(F)S(=O)(=O)O. The van der Waals surface area contributed by atoms with Crippen molar-refractivity contribution in [2.45, 2.75) is 51.1 Å². The summed E-state index contributed by atoms with van der Waals surface area (Å²) >= 11 is 0. The number of alkyl halides is 6. The molecule has 216 valence electrons. The molecule has 0 bridgehead atoms. The second-order valence-electron chi connectivity index (χ2n) is 8.82. The quantitative estimate of drug-likeness (QED) is 0.182. The Kier molecular flexibility index (Phi) is 8.48. The molecule has 2 unspecified atom stereocenters. The lowest BCUT2D eigenvalue weighted by Gasteiger charge is -2.21. The molecule has 6 nitrogen and oxygen atoms in total. The highest BCUT2D eigenvalue weighted by Crippen LogP contribution is 2.40. The Labute approximate surface area is 229 Å². The topological polar surface area (TPSA) is 82.1 Å². The molecule has 4 rings (SSSR count). The summed E-state index contributed by atoms with van der Waals surface area (Å²) in [4.78, 5) is 2.30. The standard InChI is InChI=1S/C26H22F6O6S2/c1-17(26(31,32)40(33,34)35)38-19-9-13-22(14-10-19)39(20-5-3-2-4-6-20)21-11-7-18(8-12-21)23-36-15-24(27,28)25(29,30)16-37-23/h2-14,17,23H,15-16H2,1H3/p+1. The molecule has 40 heavy (non-hydrogen) atoms. The second kappa shape index (κ2) is 11.2. The molecule has 14 heteroatoms. The molecule has 0 aromatic heterocycles. The van der Waals surface area contributed by atoms with E-state index in [1.807, 2.05) is 30.3 Å². The third kappa shape index (κ3) is 6.25. The fraction of sp³-hybridized carbons (Fsp3) is 0.308. The monoisotopic (exact) mass is 609 g/mol. The van der Waals surface area contributed by atoms with Crippen LogP contribution >= 0.6 is 0 Å². The van der Waals surface area contributed by atoms with E-state index < -0.39 is 63.7 Å². The Morgan fingerprint density at radius 2 is 1.30 bits per heavy atom. The molecule has 1 heterocycles. The van der Waals surface area contributed by atoms with Crippen molar-refractivity contribution < 1.29 is 53.5 Å². The maximum absolute atomic E-state index is 13.9. The first kappa shape index (κ1) is 30.2. The summed E-state index contributed by atoms with van der Waals surface area (Å²) < 4.78 is 128. The zero-order valence-electron chi connectivity index (χ0n) is 20.6. The van der Waals surface area contributed by atoms with Crippen LogP contribution in [0, 0.1) is 0 Å². The summed E-state index contributed by atoms with van der Waals surface area (Å²) in [5, 5.41) is -4.53. The average molecular weight is 610 g/mol. The lowest BCUT2D eigenvalue weighted by Crippen LogP contribution is -2.45. The Bertz CT molecular complexity index is 1390. The predicted molar refractivity (Wildman–Crippen MR) is 133 cm³/mol. The van der Waals surface area contributed by atoms with Gasteiger partial charge in [-0.05, 0) is 67.6 Å². The highest BCUT2D eigenvalue weighted by molar-refractivity contribution is 7.97. The summed E-state index contributed by atoms with van der Waals surface area (Å²) in [7, 11) is -6.46. The molecule has 3 aromatic rings. The third-order valence-electron chi connectivity index (χ3n) is 5.92. The van der Waals surface area contributed by atoms with E-state index in [-0.39, 0.29) is 11.3 Å². The Balaban J connectivity index is 1.59. The van der Waals surface area contributed by atoms with Crippen LogP contribution in [0.2, 0.25) is 0 Å². The molecule has 1 aliphatic heterocycles. The van der Waals surface area contributed by atoms with Crippen LogP contribution < -0.4 is 4.74 Å². The Morgan fingerprint density at radius 3 is 1.77 bits per heavy atom. The van der Waals surface area contributed by atoms with Gasteiger partial charge < -0.3 is 14.2 Å². The molecule has 3 aromatic carbocycles. The maximum Gasteiger partial charge on any atom is 0.405 e. The van der Waals surface area contributed by atoms with Crippen LogP contribution in [0.5, 0.6) is 5.75 Å². The molecule has 0 spiro atoms. The predicted octanol–water partition coefficient (Wildman–Crippen LogP) is 6.35. The van der Waals surface area contributed by atoms with Gasteiger partial charge in [-0.2, -0.15) is 34.8 Å². The molecule has 0 saturated carbocycles. The van der Waals surface area contributed by atoms with Gasteiger partial charge in [0.2, 0.25) is 0 Å². The van der Waals surface area contributed by atoms with Gasteiger partial charge in [-0.1, -0.05) is 18.2 Å². The zero-order valence-corrected chi connectivity index (χ0v) is 22.3. The van der Waals surface area contributed by atoms with Crippen LogP contribution in [-0.4, -0.2) is 49.4 Å². The normalized spacial score (nSPS) is 19.4. The van der Waals surface area contributed by atoms with Crippen LogP contribution in [-0.2, 0) is 30.5 Å². The first-order chi connectivity index (χ1) is 18.6. The maximum atomic E-state index is 13.9. The van der Waals surface area contributed by atoms with Crippen LogP contribution in [0.4, 0.5) is 26.3 Å². The van der Waals surface area contributed by atoms with Gasteiger partial charge >= 0.3 is 27.2 Å². The molecule has 1 fully saturated rings. The van der Waals surface area contributed by atoms with Gasteiger partial charge in [-0.3, -0.25) is 4.55 Å². The van der Waals surface area contributed by atoms with E-state index in [4.69, 9.17) is 18.8 Å². The fourth-order valence-electron chi connectivity index (χ4n) is 3.68. The van der Waals surface area contributed by atoms with Gasteiger partial charge in [0.05, 0.1) is 10.9 Å². The third-order valence-corrected chi connectivity index (χ3v) is 9.17. The minimum Gasteiger partial charge on any atom is -0.483 e. The molecule has 0 amide bonds. The van der Waals surface area contributed by atoms with Crippen molar-refractivity contribution >= 4 is 21.0 Å². The van der Waals surface area contributed by atoms with Crippen LogP contribution in [0.1, 0.15) is 18.8 Å². The number of benzene rings is 3. The number of ether oxygens (including phenoxy) is 3. The Morgan fingerprint density at radius 1 is 0.850 bits per heavy atom. The fourth-order valence-corrected chi connectivity index (χ4v) is 6.20. The number of rotatable bonds is 8. The highest BCUT2D eigenvalue weighted by atomic mass is 32.2. The summed E-state index contributed by atoms with van der Waals surface area (Å²) in [5.41, 5.74) is 0.256. The van der Waals surface area contributed by atoms with Gasteiger partial charge in [0, 0.05) is 5.56 Å². The number of halogens is 6. The molecule has 1 aliphatic rings. The average Bonchev–Trinajstić information content (AvgIpc) is 3.00. The summed E-state index contributed by atoms with van der Waals surface area (Å²) in [6.07, 6.45) is -3.60. The first-order valence-electron chi connectivity index (χ1n) is 11.6. The summed E-state index contributed by atoms with van der Waals surface area (Å²) in [5.74, 6) is -8.82. The van der Waals surface area contributed by atoms with E-state index in [1.54, 1.807) is 24.3 Å². The van der Waals surface area contributed by atoms with E-state index in [0.717, 1.165) is 16.7 Å². The smallest absolute Gasteiger partial charge is 0.405 e. The minimum absolute atomic E-state index is 0.0669.